The third-order valence-corrected chi connectivity index (χ3v) is 16.7. The normalized spacial score (nSPS) is 16.8. The maximum atomic E-state index is 2.67. The van der Waals surface area contributed by atoms with Gasteiger partial charge >= 0.3 is 6.85 Å². The van der Waals surface area contributed by atoms with Crippen LogP contribution in [0.4, 0.5) is 28.4 Å². The van der Waals surface area contributed by atoms with Crippen molar-refractivity contribution in [1.29, 1.82) is 0 Å². The van der Waals surface area contributed by atoms with Crippen molar-refractivity contribution >= 4 is 76.4 Å². The Balaban J connectivity index is 1.36. The molecule has 244 valence electrons. The number of hydrogen-bond donors (Lipinski definition) is 0. The van der Waals surface area contributed by atoms with Crippen LogP contribution in [-0.4, -0.2) is 14.9 Å². The number of hydrogen-bond acceptors (Lipinski definition) is 3. The number of para-hydroxylation sites is 3. The van der Waals surface area contributed by atoms with Crippen LogP contribution in [0, 0.1) is 0 Å². The summed E-state index contributed by atoms with van der Waals surface area (Å²) in [5.74, 6) is 0. The van der Waals surface area contributed by atoms with Crippen LogP contribution in [0.1, 0.15) is 51.3 Å². The third-order valence-electron chi connectivity index (χ3n) is 12.0. The van der Waals surface area contributed by atoms with Crippen LogP contribution in [0.25, 0.3) is 11.1 Å². The molecular formula is C45H41BN2SSi. The second-order valence-electron chi connectivity index (χ2n) is 16.6. The van der Waals surface area contributed by atoms with Crippen molar-refractivity contribution in [3.05, 3.63) is 138 Å². The maximum Gasteiger partial charge on any atom is 0.333 e. The molecule has 6 aromatic rings. The van der Waals surface area contributed by atoms with Gasteiger partial charge in [0.25, 0.3) is 0 Å². The summed E-state index contributed by atoms with van der Waals surface area (Å²) < 4.78 is 0. The van der Waals surface area contributed by atoms with Gasteiger partial charge in [-0.1, -0.05) is 138 Å². The molecule has 0 bridgehead atoms. The fourth-order valence-electron chi connectivity index (χ4n) is 9.35. The number of benzene rings is 6. The van der Waals surface area contributed by atoms with Gasteiger partial charge in [-0.05, 0) is 91.4 Å². The Morgan fingerprint density at radius 3 is 2.16 bits per heavy atom. The molecule has 4 aliphatic rings. The minimum Gasteiger partial charge on any atom is -0.376 e. The SMILES string of the molecule is CC(C)(C)c1cc2c3c(c1)N1c4ccccc4[Si](C)(C)c4cccc(c41)B3N(c1ccccc1)c1cc3c(cc1-2)C(C)(C)c1ccccc1S3. The predicted octanol–water partition coefficient (Wildman–Crippen LogP) is 9.62. The van der Waals surface area contributed by atoms with Crippen LogP contribution < -0.4 is 31.0 Å². The van der Waals surface area contributed by atoms with E-state index >= 15 is 0 Å². The molecule has 0 aliphatic carbocycles. The summed E-state index contributed by atoms with van der Waals surface area (Å²) in [6, 6.07) is 46.8. The molecule has 0 amide bonds. The Morgan fingerprint density at radius 1 is 0.640 bits per heavy atom. The van der Waals surface area contributed by atoms with Gasteiger partial charge in [0, 0.05) is 49.2 Å². The lowest BCUT2D eigenvalue weighted by atomic mass is 9.43. The molecule has 0 fully saturated rings. The Kier molecular flexibility index (Phi) is 6.13. The number of nitrogens with zero attached hydrogens (tertiary/aromatic N) is 2. The van der Waals surface area contributed by atoms with Crippen molar-refractivity contribution in [2.24, 2.45) is 0 Å². The smallest absolute Gasteiger partial charge is 0.333 e. The zero-order valence-corrected chi connectivity index (χ0v) is 31.7. The van der Waals surface area contributed by atoms with E-state index in [4.69, 9.17) is 0 Å². The van der Waals surface area contributed by atoms with Crippen molar-refractivity contribution in [3.63, 3.8) is 0 Å². The van der Waals surface area contributed by atoms with Gasteiger partial charge in [-0.2, -0.15) is 0 Å². The van der Waals surface area contributed by atoms with Gasteiger partial charge in [0.2, 0.25) is 0 Å². The average Bonchev–Trinajstić information content (AvgIpc) is 3.10. The van der Waals surface area contributed by atoms with Crippen LogP contribution in [-0.2, 0) is 10.8 Å². The van der Waals surface area contributed by atoms with E-state index in [1.165, 1.54) is 87.3 Å². The predicted molar refractivity (Wildman–Crippen MR) is 218 cm³/mol. The second kappa shape index (κ2) is 10.1. The summed E-state index contributed by atoms with van der Waals surface area (Å²) in [5, 5.41) is 3.04. The highest BCUT2D eigenvalue weighted by molar-refractivity contribution is 7.99. The molecule has 4 heterocycles. The molecule has 0 N–H and O–H groups in total. The van der Waals surface area contributed by atoms with Crippen molar-refractivity contribution in [2.75, 3.05) is 9.71 Å². The summed E-state index contributed by atoms with van der Waals surface area (Å²) >= 11 is 1.93. The Labute approximate surface area is 302 Å². The van der Waals surface area contributed by atoms with Crippen LogP contribution in [0.3, 0.4) is 0 Å². The summed E-state index contributed by atoms with van der Waals surface area (Å²) in [6.07, 6.45) is 0. The Hall–Kier alpha value is -4.45. The molecule has 6 aromatic carbocycles. The Bertz CT molecular complexity index is 2430. The first-order chi connectivity index (χ1) is 24.0. The fraction of sp³-hybridized carbons (Fsp3) is 0.200. The molecule has 0 saturated heterocycles. The quantitative estimate of drug-likeness (QED) is 0.160. The molecular weight excluding hydrogens is 639 g/mol. The van der Waals surface area contributed by atoms with Gasteiger partial charge in [-0.15, -0.1) is 0 Å². The van der Waals surface area contributed by atoms with E-state index in [1.54, 1.807) is 0 Å². The van der Waals surface area contributed by atoms with E-state index in [-0.39, 0.29) is 17.7 Å². The van der Waals surface area contributed by atoms with Gasteiger partial charge in [0.05, 0.1) is 0 Å². The van der Waals surface area contributed by atoms with Crippen molar-refractivity contribution in [1.82, 2.24) is 0 Å². The number of rotatable bonds is 1. The van der Waals surface area contributed by atoms with Crippen LogP contribution in [0.5, 0.6) is 0 Å². The fourth-order valence-corrected chi connectivity index (χ4v) is 13.8. The molecule has 4 aliphatic heterocycles. The number of fused-ring (bicyclic) bond motifs is 8. The van der Waals surface area contributed by atoms with Gasteiger partial charge in [-0.3, -0.25) is 0 Å². The lowest BCUT2D eigenvalue weighted by molar-refractivity contribution is 0.590. The standard InChI is InChI=1S/C45H41BN2SSi/c1-44(2,3)28-24-31-30-26-33-39(49-38-21-13-11-18-32(38)45(33,4)5)27-36(30)48(29-16-9-8-10-17-29)46-34-19-15-23-41-43(34)47(37(25-28)42(31)46)35-20-12-14-22-40(35)50(41,6)7/h8-27H,1-7H3. The molecule has 0 atom stereocenters. The van der Waals surface area contributed by atoms with Gasteiger partial charge in [0.15, 0.2) is 0 Å². The Morgan fingerprint density at radius 2 is 1.36 bits per heavy atom. The highest BCUT2D eigenvalue weighted by Gasteiger charge is 2.50. The average molecular weight is 681 g/mol. The molecule has 5 heteroatoms. The van der Waals surface area contributed by atoms with Gasteiger partial charge < -0.3 is 9.71 Å². The van der Waals surface area contributed by atoms with E-state index in [0.717, 1.165) is 0 Å². The summed E-state index contributed by atoms with van der Waals surface area (Å²) in [6.45, 7) is 17.0. The maximum absolute atomic E-state index is 2.67. The lowest BCUT2D eigenvalue weighted by Gasteiger charge is -2.50. The highest BCUT2D eigenvalue weighted by Crippen LogP contribution is 2.55. The monoisotopic (exact) mass is 680 g/mol. The van der Waals surface area contributed by atoms with E-state index in [1.807, 2.05) is 11.8 Å². The van der Waals surface area contributed by atoms with E-state index in [0.29, 0.717) is 0 Å². The summed E-state index contributed by atoms with van der Waals surface area (Å²) in [4.78, 5) is 8.06. The topological polar surface area (TPSA) is 6.48 Å². The molecule has 50 heavy (non-hydrogen) atoms. The number of anilines is 5. The van der Waals surface area contributed by atoms with Crippen molar-refractivity contribution < 1.29 is 0 Å². The highest BCUT2D eigenvalue weighted by atomic mass is 32.2. The first-order valence-corrected chi connectivity index (χ1v) is 21.8. The first-order valence-electron chi connectivity index (χ1n) is 18.0. The van der Waals surface area contributed by atoms with E-state index < -0.39 is 8.07 Å². The summed E-state index contributed by atoms with van der Waals surface area (Å²) in [5.41, 5.74) is 16.2. The van der Waals surface area contributed by atoms with Gasteiger partial charge in [-0.25, -0.2) is 0 Å². The molecule has 0 saturated carbocycles. The molecule has 2 nitrogen and oxygen atoms in total. The molecule has 0 spiro atoms. The van der Waals surface area contributed by atoms with Crippen LogP contribution in [0.2, 0.25) is 13.1 Å². The zero-order chi connectivity index (χ0) is 34.3. The first kappa shape index (κ1) is 30.4. The molecule has 0 aromatic heterocycles. The van der Waals surface area contributed by atoms with E-state index in [9.17, 15) is 0 Å². The van der Waals surface area contributed by atoms with E-state index in [2.05, 4.69) is 179 Å². The molecule has 0 radical (unpaired) electrons. The largest absolute Gasteiger partial charge is 0.376 e. The lowest BCUT2D eigenvalue weighted by Crippen LogP contribution is -2.67. The van der Waals surface area contributed by atoms with Crippen molar-refractivity contribution in [3.8, 4) is 11.1 Å². The molecule has 10 rings (SSSR count). The van der Waals surface area contributed by atoms with Crippen molar-refractivity contribution in [2.45, 2.75) is 68.3 Å². The van der Waals surface area contributed by atoms with Crippen LogP contribution in [0.15, 0.2) is 131 Å². The summed E-state index contributed by atoms with van der Waals surface area (Å²) in [7, 11) is -2.00. The second-order valence-corrected chi connectivity index (χ2v) is 22.0. The minimum absolute atomic E-state index is 0.0247. The third kappa shape index (κ3) is 3.94. The molecule has 0 unspecified atom stereocenters. The zero-order valence-electron chi connectivity index (χ0n) is 29.9. The van der Waals surface area contributed by atoms with Crippen LogP contribution >= 0.6 is 11.8 Å². The minimum atomic E-state index is -2.00. The van der Waals surface area contributed by atoms with Gasteiger partial charge in [0.1, 0.15) is 8.07 Å².